The summed E-state index contributed by atoms with van der Waals surface area (Å²) >= 11 is 0. The van der Waals surface area contributed by atoms with Crippen molar-refractivity contribution in [2.45, 2.75) is 20.0 Å². The Hall–Kier alpha value is -1.06. The predicted molar refractivity (Wildman–Crippen MR) is 39.5 cm³/mol. The number of hydrogen-bond acceptors (Lipinski definition) is 4. The van der Waals surface area contributed by atoms with Crippen LogP contribution >= 0.6 is 0 Å². The average molecular weight is 157 g/mol. The molecule has 4 nitrogen and oxygen atoms in total. The minimum Gasteiger partial charge on any atom is -0.472 e. The Labute approximate surface area is 65.2 Å². The summed E-state index contributed by atoms with van der Waals surface area (Å²) < 4.78 is 9.92. The van der Waals surface area contributed by atoms with Gasteiger partial charge in [0.1, 0.15) is 6.61 Å². The van der Waals surface area contributed by atoms with E-state index in [1.165, 1.54) is 6.92 Å². The van der Waals surface area contributed by atoms with E-state index in [0.717, 1.165) is 0 Å². The summed E-state index contributed by atoms with van der Waals surface area (Å²) in [5.74, 6) is 0.389. The number of ether oxygens (including phenoxy) is 2. The van der Waals surface area contributed by atoms with Gasteiger partial charge in [-0.2, -0.15) is 0 Å². The first-order chi connectivity index (χ1) is 5.18. The van der Waals surface area contributed by atoms with Gasteiger partial charge in [0, 0.05) is 13.8 Å². The van der Waals surface area contributed by atoms with Crippen LogP contribution in [0, 0.1) is 0 Å². The molecule has 0 aromatic rings. The van der Waals surface area contributed by atoms with E-state index in [1.807, 2.05) is 0 Å². The molecule has 4 heteroatoms. The molecule has 0 spiro atoms. The molecule has 0 N–H and O–H groups in total. The Morgan fingerprint density at radius 3 is 3.09 bits per heavy atom. The molecular weight excluding hydrogens is 146 g/mol. The van der Waals surface area contributed by atoms with E-state index in [0.29, 0.717) is 19.0 Å². The van der Waals surface area contributed by atoms with Crippen LogP contribution in [0.4, 0.5) is 0 Å². The van der Waals surface area contributed by atoms with E-state index in [4.69, 9.17) is 9.47 Å². The van der Waals surface area contributed by atoms with Gasteiger partial charge in [0.05, 0.1) is 6.54 Å². The third kappa shape index (κ3) is 2.57. The number of carbonyl (C=O) groups is 1. The number of esters is 1. The molecule has 11 heavy (non-hydrogen) atoms. The Morgan fingerprint density at radius 1 is 1.91 bits per heavy atom. The fourth-order valence-electron chi connectivity index (χ4n) is 0.843. The van der Waals surface area contributed by atoms with Gasteiger partial charge in [0.25, 0.3) is 0 Å². The van der Waals surface area contributed by atoms with E-state index in [-0.39, 0.29) is 12.1 Å². The maximum absolute atomic E-state index is 10.4. The van der Waals surface area contributed by atoms with E-state index in [1.54, 1.807) is 6.92 Å². The molecule has 62 valence electrons. The van der Waals surface area contributed by atoms with Crippen molar-refractivity contribution in [3.8, 4) is 0 Å². The molecule has 0 fully saturated rings. The number of rotatable bonds is 2. The van der Waals surface area contributed by atoms with E-state index >= 15 is 0 Å². The summed E-state index contributed by atoms with van der Waals surface area (Å²) in [4.78, 5) is 14.4. The molecule has 1 heterocycles. The van der Waals surface area contributed by atoms with Crippen LogP contribution in [0.1, 0.15) is 13.8 Å². The van der Waals surface area contributed by atoms with Crippen molar-refractivity contribution in [1.29, 1.82) is 0 Å². The summed E-state index contributed by atoms with van der Waals surface area (Å²) in [6.07, 6.45) is -0.0705. The number of hydrogen-bond donors (Lipinski definition) is 0. The van der Waals surface area contributed by atoms with Crippen LogP contribution in [0.2, 0.25) is 0 Å². The van der Waals surface area contributed by atoms with Crippen LogP contribution in [0.3, 0.4) is 0 Å². The molecule has 0 amide bonds. The van der Waals surface area contributed by atoms with Gasteiger partial charge in [0.2, 0.25) is 0 Å². The average Bonchev–Trinajstić information content (AvgIpc) is 2.31. The fraction of sp³-hybridized carbons (Fsp3) is 0.714. The van der Waals surface area contributed by atoms with Crippen molar-refractivity contribution in [3.63, 3.8) is 0 Å². The summed E-state index contributed by atoms with van der Waals surface area (Å²) in [6, 6.07) is 0. The molecule has 0 radical (unpaired) electrons. The predicted octanol–water partition coefficient (Wildman–Crippen LogP) is 0.367. The third-order valence-electron chi connectivity index (χ3n) is 1.33. The van der Waals surface area contributed by atoms with Crippen molar-refractivity contribution in [3.05, 3.63) is 0 Å². The number of aliphatic imine (C=N–C) groups is 1. The highest BCUT2D eigenvalue weighted by atomic mass is 16.6. The van der Waals surface area contributed by atoms with E-state index < -0.39 is 0 Å². The zero-order chi connectivity index (χ0) is 8.27. The van der Waals surface area contributed by atoms with Gasteiger partial charge in [-0.3, -0.25) is 9.79 Å². The number of carbonyl (C=O) groups excluding carboxylic acids is 1. The maximum Gasteiger partial charge on any atom is 0.302 e. The Kier molecular flexibility index (Phi) is 2.46. The molecule has 1 unspecified atom stereocenters. The smallest absolute Gasteiger partial charge is 0.302 e. The van der Waals surface area contributed by atoms with Crippen molar-refractivity contribution in [2.75, 3.05) is 13.2 Å². The zero-order valence-corrected chi connectivity index (χ0v) is 6.66. The minimum absolute atomic E-state index is 0.0705. The molecule has 0 aromatic carbocycles. The highest BCUT2D eigenvalue weighted by Gasteiger charge is 2.17. The second kappa shape index (κ2) is 3.37. The zero-order valence-electron chi connectivity index (χ0n) is 6.66. The van der Waals surface area contributed by atoms with Crippen molar-refractivity contribution < 1.29 is 14.3 Å². The third-order valence-corrected chi connectivity index (χ3v) is 1.33. The Bertz CT molecular complexity index is 188. The second-order valence-corrected chi connectivity index (χ2v) is 2.40. The van der Waals surface area contributed by atoms with Gasteiger partial charge in [-0.1, -0.05) is 0 Å². The molecular formula is C7H11NO3. The van der Waals surface area contributed by atoms with Crippen LogP contribution in [0.25, 0.3) is 0 Å². The fourth-order valence-corrected chi connectivity index (χ4v) is 0.843. The molecule has 0 saturated heterocycles. The van der Waals surface area contributed by atoms with Crippen LogP contribution in [-0.2, 0) is 14.3 Å². The molecule has 0 bridgehead atoms. The minimum atomic E-state index is -0.279. The first-order valence-electron chi connectivity index (χ1n) is 3.49. The van der Waals surface area contributed by atoms with Gasteiger partial charge in [-0.25, -0.2) is 0 Å². The highest BCUT2D eigenvalue weighted by Crippen LogP contribution is 2.04. The summed E-state index contributed by atoms with van der Waals surface area (Å²) in [5.41, 5.74) is 0. The van der Waals surface area contributed by atoms with Gasteiger partial charge in [-0.15, -0.1) is 0 Å². The standard InChI is InChI=1S/C7H11NO3/c1-5-8-3-7(11-5)4-10-6(2)9/h7H,3-4H2,1-2H3. The van der Waals surface area contributed by atoms with Crippen LogP contribution in [0.15, 0.2) is 4.99 Å². The molecule has 0 aliphatic carbocycles. The summed E-state index contributed by atoms with van der Waals surface area (Å²) in [6.45, 7) is 4.06. The number of nitrogens with zero attached hydrogens (tertiary/aromatic N) is 1. The topological polar surface area (TPSA) is 47.9 Å². The maximum atomic E-state index is 10.4. The monoisotopic (exact) mass is 157 g/mol. The molecule has 1 atom stereocenters. The first kappa shape index (κ1) is 8.04. The second-order valence-electron chi connectivity index (χ2n) is 2.40. The van der Waals surface area contributed by atoms with E-state index in [9.17, 15) is 4.79 Å². The van der Waals surface area contributed by atoms with Crippen LogP contribution in [0.5, 0.6) is 0 Å². The summed E-state index contributed by atoms with van der Waals surface area (Å²) in [5, 5.41) is 0. The van der Waals surface area contributed by atoms with Crippen LogP contribution in [-0.4, -0.2) is 31.1 Å². The van der Waals surface area contributed by atoms with Crippen molar-refractivity contribution in [1.82, 2.24) is 0 Å². The lowest BCUT2D eigenvalue weighted by Gasteiger charge is -2.08. The molecule has 0 saturated carbocycles. The first-order valence-corrected chi connectivity index (χ1v) is 3.49. The van der Waals surface area contributed by atoms with Gasteiger partial charge in [0.15, 0.2) is 12.0 Å². The lowest BCUT2D eigenvalue weighted by molar-refractivity contribution is -0.143. The van der Waals surface area contributed by atoms with Gasteiger partial charge >= 0.3 is 5.97 Å². The van der Waals surface area contributed by atoms with Crippen molar-refractivity contribution in [2.24, 2.45) is 4.99 Å². The van der Waals surface area contributed by atoms with Crippen molar-refractivity contribution >= 4 is 11.9 Å². The molecule has 1 aliphatic heterocycles. The quantitative estimate of drug-likeness (QED) is 0.544. The van der Waals surface area contributed by atoms with Gasteiger partial charge < -0.3 is 9.47 Å². The lowest BCUT2D eigenvalue weighted by Crippen LogP contribution is -2.20. The molecule has 1 aliphatic rings. The Balaban J connectivity index is 2.16. The largest absolute Gasteiger partial charge is 0.472 e. The normalized spacial score (nSPS) is 22.4. The van der Waals surface area contributed by atoms with Gasteiger partial charge in [-0.05, 0) is 0 Å². The van der Waals surface area contributed by atoms with Crippen LogP contribution < -0.4 is 0 Å². The van der Waals surface area contributed by atoms with E-state index in [2.05, 4.69) is 4.99 Å². The summed E-state index contributed by atoms with van der Waals surface area (Å²) in [7, 11) is 0. The highest BCUT2D eigenvalue weighted by molar-refractivity contribution is 5.74. The molecule has 1 rings (SSSR count). The SMILES string of the molecule is CC(=O)OCC1CN=C(C)O1. The lowest BCUT2D eigenvalue weighted by atomic mass is 10.4. The Morgan fingerprint density at radius 2 is 2.64 bits per heavy atom. The molecule has 0 aromatic heterocycles.